The Bertz CT molecular complexity index is 293. The molecule has 3 aliphatic rings. The Morgan fingerprint density at radius 1 is 1.15 bits per heavy atom. The van der Waals surface area contributed by atoms with Crippen molar-refractivity contribution >= 4 is 0 Å². The summed E-state index contributed by atoms with van der Waals surface area (Å²) in [5.41, 5.74) is 0. The van der Waals surface area contributed by atoms with Crippen LogP contribution in [-0.4, -0.2) is 73.9 Å². The van der Waals surface area contributed by atoms with Crippen molar-refractivity contribution in [2.75, 3.05) is 45.9 Å². The Morgan fingerprint density at radius 3 is 2.90 bits per heavy atom. The molecule has 3 atom stereocenters. The zero-order valence-electron chi connectivity index (χ0n) is 13.0. The van der Waals surface area contributed by atoms with Crippen LogP contribution in [0.5, 0.6) is 0 Å². The largest absolute Gasteiger partial charge is 0.377 e. The summed E-state index contributed by atoms with van der Waals surface area (Å²) in [7, 11) is 0. The monoisotopic (exact) mass is 281 g/mol. The van der Waals surface area contributed by atoms with E-state index in [4.69, 9.17) is 4.74 Å². The molecule has 3 heterocycles. The quantitative estimate of drug-likeness (QED) is 0.822. The molecule has 116 valence electrons. The number of ether oxygens (including phenoxy) is 1. The summed E-state index contributed by atoms with van der Waals surface area (Å²) in [5, 5.41) is 3.62. The highest BCUT2D eigenvalue weighted by Crippen LogP contribution is 2.22. The Hall–Kier alpha value is -0.160. The number of hydrogen-bond donors (Lipinski definition) is 1. The van der Waals surface area contributed by atoms with Crippen molar-refractivity contribution in [2.24, 2.45) is 0 Å². The van der Waals surface area contributed by atoms with E-state index in [0.29, 0.717) is 12.1 Å². The van der Waals surface area contributed by atoms with E-state index in [2.05, 4.69) is 22.0 Å². The van der Waals surface area contributed by atoms with Gasteiger partial charge in [0.05, 0.1) is 6.10 Å². The van der Waals surface area contributed by atoms with Crippen LogP contribution >= 0.6 is 0 Å². The van der Waals surface area contributed by atoms with E-state index in [1.807, 2.05) is 0 Å². The highest BCUT2D eigenvalue weighted by Gasteiger charge is 2.30. The van der Waals surface area contributed by atoms with Crippen molar-refractivity contribution in [3.8, 4) is 0 Å². The summed E-state index contributed by atoms with van der Waals surface area (Å²) in [6.07, 6.45) is 7.11. The predicted molar refractivity (Wildman–Crippen MR) is 82.1 cm³/mol. The molecule has 0 aromatic carbocycles. The summed E-state index contributed by atoms with van der Waals surface area (Å²) in [5.74, 6) is 0. The first-order valence-electron chi connectivity index (χ1n) is 8.63. The molecule has 0 saturated carbocycles. The highest BCUT2D eigenvalue weighted by atomic mass is 16.5. The van der Waals surface area contributed by atoms with Gasteiger partial charge in [-0.1, -0.05) is 0 Å². The fourth-order valence-electron chi connectivity index (χ4n) is 4.02. The van der Waals surface area contributed by atoms with Gasteiger partial charge in [0.15, 0.2) is 0 Å². The van der Waals surface area contributed by atoms with Crippen molar-refractivity contribution in [3.63, 3.8) is 0 Å². The van der Waals surface area contributed by atoms with Crippen LogP contribution in [0.4, 0.5) is 0 Å². The summed E-state index contributed by atoms with van der Waals surface area (Å²) < 4.78 is 5.67. The van der Waals surface area contributed by atoms with E-state index in [1.165, 1.54) is 58.3 Å². The van der Waals surface area contributed by atoms with Crippen molar-refractivity contribution < 1.29 is 4.74 Å². The van der Waals surface area contributed by atoms with Crippen molar-refractivity contribution in [1.82, 2.24) is 15.1 Å². The van der Waals surface area contributed by atoms with E-state index < -0.39 is 0 Å². The maximum atomic E-state index is 5.67. The van der Waals surface area contributed by atoms with E-state index in [9.17, 15) is 0 Å². The van der Waals surface area contributed by atoms with Gasteiger partial charge in [-0.05, 0) is 58.7 Å². The average Bonchev–Trinajstić information content (AvgIpc) is 3.07. The first-order valence-corrected chi connectivity index (χ1v) is 8.63. The lowest BCUT2D eigenvalue weighted by Gasteiger charge is -2.31. The second-order valence-electron chi connectivity index (χ2n) is 6.82. The summed E-state index contributed by atoms with van der Waals surface area (Å²) in [6, 6.07) is 1.48. The summed E-state index contributed by atoms with van der Waals surface area (Å²) in [6.45, 7) is 10.7. The molecule has 3 aliphatic heterocycles. The van der Waals surface area contributed by atoms with Gasteiger partial charge in [0, 0.05) is 38.3 Å². The molecule has 0 radical (unpaired) electrons. The van der Waals surface area contributed by atoms with Gasteiger partial charge in [-0.15, -0.1) is 0 Å². The molecule has 0 aliphatic carbocycles. The number of hydrogen-bond acceptors (Lipinski definition) is 4. The van der Waals surface area contributed by atoms with E-state index >= 15 is 0 Å². The maximum Gasteiger partial charge on any atom is 0.0700 e. The SMILES string of the molecule is CC(CNCC1CCCO1)N1CCCN2CCCC2C1. The lowest BCUT2D eigenvalue weighted by molar-refractivity contribution is 0.106. The van der Waals surface area contributed by atoms with Gasteiger partial charge >= 0.3 is 0 Å². The topological polar surface area (TPSA) is 27.7 Å². The van der Waals surface area contributed by atoms with E-state index in [1.54, 1.807) is 0 Å². The van der Waals surface area contributed by atoms with Crippen LogP contribution in [-0.2, 0) is 4.74 Å². The molecule has 0 amide bonds. The van der Waals surface area contributed by atoms with Crippen molar-refractivity contribution in [2.45, 2.75) is 57.2 Å². The Kier molecular flexibility index (Phi) is 5.32. The fraction of sp³-hybridized carbons (Fsp3) is 1.00. The zero-order valence-corrected chi connectivity index (χ0v) is 13.0. The third-order valence-electron chi connectivity index (χ3n) is 5.29. The molecule has 0 aromatic rings. The van der Waals surface area contributed by atoms with Gasteiger partial charge in [-0.25, -0.2) is 0 Å². The number of nitrogens with one attached hydrogen (secondary N) is 1. The van der Waals surface area contributed by atoms with Crippen LogP contribution < -0.4 is 5.32 Å². The molecule has 20 heavy (non-hydrogen) atoms. The fourth-order valence-corrected chi connectivity index (χ4v) is 4.02. The minimum Gasteiger partial charge on any atom is -0.377 e. The molecule has 0 aromatic heterocycles. The van der Waals surface area contributed by atoms with Gasteiger partial charge in [0.1, 0.15) is 0 Å². The molecule has 4 nitrogen and oxygen atoms in total. The molecule has 4 heteroatoms. The molecule has 1 N–H and O–H groups in total. The van der Waals surface area contributed by atoms with Crippen LogP contribution in [0.15, 0.2) is 0 Å². The first kappa shape index (κ1) is 14.8. The second-order valence-corrected chi connectivity index (χ2v) is 6.82. The van der Waals surface area contributed by atoms with Crippen molar-refractivity contribution in [1.29, 1.82) is 0 Å². The lowest BCUT2D eigenvalue weighted by Crippen LogP contribution is -2.45. The minimum atomic E-state index is 0.469. The molecule has 3 rings (SSSR count). The predicted octanol–water partition coefficient (Wildman–Crippen LogP) is 1.31. The van der Waals surface area contributed by atoms with Gasteiger partial charge in [0.2, 0.25) is 0 Å². The minimum absolute atomic E-state index is 0.469. The maximum absolute atomic E-state index is 5.67. The third kappa shape index (κ3) is 3.73. The van der Waals surface area contributed by atoms with Gasteiger partial charge in [-0.2, -0.15) is 0 Å². The summed E-state index contributed by atoms with van der Waals surface area (Å²) >= 11 is 0. The number of nitrogens with zero attached hydrogens (tertiary/aromatic N) is 2. The van der Waals surface area contributed by atoms with Crippen molar-refractivity contribution in [3.05, 3.63) is 0 Å². The number of rotatable bonds is 5. The third-order valence-corrected chi connectivity index (χ3v) is 5.29. The molecule has 3 saturated heterocycles. The molecule has 3 fully saturated rings. The highest BCUT2D eigenvalue weighted by molar-refractivity contribution is 4.87. The second kappa shape index (κ2) is 7.21. The zero-order chi connectivity index (χ0) is 13.8. The van der Waals surface area contributed by atoms with Gasteiger partial charge < -0.3 is 10.1 Å². The Balaban J connectivity index is 1.40. The lowest BCUT2D eigenvalue weighted by atomic mass is 10.1. The molecule has 3 unspecified atom stereocenters. The molecule has 0 bridgehead atoms. The molecule has 0 spiro atoms. The molecular formula is C16H31N3O. The average molecular weight is 281 g/mol. The molecular weight excluding hydrogens is 250 g/mol. The summed E-state index contributed by atoms with van der Waals surface area (Å²) in [4.78, 5) is 5.42. The van der Waals surface area contributed by atoms with Crippen LogP contribution in [0.3, 0.4) is 0 Å². The van der Waals surface area contributed by atoms with E-state index in [0.717, 1.165) is 25.7 Å². The van der Waals surface area contributed by atoms with Gasteiger partial charge in [0.25, 0.3) is 0 Å². The smallest absolute Gasteiger partial charge is 0.0700 e. The van der Waals surface area contributed by atoms with Gasteiger partial charge in [-0.3, -0.25) is 9.80 Å². The van der Waals surface area contributed by atoms with Crippen LogP contribution in [0.1, 0.15) is 39.0 Å². The van der Waals surface area contributed by atoms with Crippen LogP contribution in [0.2, 0.25) is 0 Å². The Morgan fingerprint density at radius 2 is 2.05 bits per heavy atom. The number of fused-ring (bicyclic) bond motifs is 1. The van der Waals surface area contributed by atoms with Crippen LogP contribution in [0, 0.1) is 0 Å². The normalized spacial score (nSPS) is 34.0. The van der Waals surface area contributed by atoms with E-state index in [-0.39, 0.29) is 0 Å². The van der Waals surface area contributed by atoms with Crippen LogP contribution in [0.25, 0.3) is 0 Å². The standard InChI is InChI=1S/C16H31N3O/c1-14(11-17-12-16-6-3-10-20-16)19-9-4-8-18-7-2-5-15(18)13-19/h14-17H,2-13H2,1H3. The Labute approximate surface area is 123 Å². The first-order chi connectivity index (χ1) is 9.83.